The predicted octanol–water partition coefficient (Wildman–Crippen LogP) is 4.40. The van der Waals surface area contributed by atoms with E-state index in [1.165, 1.54) is 17.0 Å². The smallest absolute Gasteiger partial charge is 0.307 e. The molecule has 0 bridgehead atoms. The number of fused-ring (bicyclic) bond motifs is 1. The Morgan fingerprint density at radius 1 is 1.00 bits per heavy atom. The van der Waals surface area contributed by atoms with Crippen LogP contribution in [0.3, 0.4) is 0 Å². The SMILES string of the molecule is CCOC(=O)CCN(C(=O)c1ccc2c(c1)nc(CNc1ccc(C(=N)N)cc1)n2C)c1ccccn1.O=S(=O)(O)c1ccccc1. The third-order valence-corrected chi connectivity index (χ3v) is 7.79. The number of amidine groups is 1. The van der Waals surface area contributed by atoms with Gasteiger partial charge in [-0.15, -0.1) is 0 Å². The Morgan fingerprint density at radius 3 is 2.28 bits per heavy atom. The molecular weight excluding hydrogens is 622 g/mol. The fourth-order valence-corrected chi connectivity index (χ4v) is 5.01. The molecule has 0 aliphatic heterocycles. The summed E-state index contributed by atoms with van der Waals surface area (Å²) in [6, 6.07) is 25.4. The molecule has 0 unspecified atom stereocenters. The summed E-state index contributed by atoms with van der Waals surface area (Å²) in [5, 5.41) is 10.8. The second-order valence-corrected chi connectivity index (χ2v) is 11.5. The summed E-state index contributed by atoms with van der Waals surface area (Å²) in [6.07, 6.45) is 1.67. The Hall–Kier alpha value is -5.60. The van der Waals surface area contributed by atoms with Crippen molar-refractivity contribution >= 4 is 50.4 Å². The standard InChI is InChI=1S/C27H29N7O3.C6H6O3S/c1-3-37-25(35)13-15-34(23-6-4-5-14-30-23)27(36)19-9-12-22-21(16-19)32-24(33(22)2)17-31-20-10-7-18(8-11-20)26(28)29;7-10(8,9)6-4-2-1-3-5-6/h4-12,14,16,31H,3,13,15,17H2,1-2H3,(H3,28,29);1-5H,(H,7,8,9). The second-order valence-electron chi connectivity index (χ2n) is 10.1. The quantitative estimate of drug-likeness (QED) is 0.0685. The molecule has 0 aliphatic rings. The van der Waals surface area contributed by atoms with Gasteiger partial charge in [-0.05, 0) is 73.7 Å². The molecule has 14 heteroatoms. The number of nitrogens with one attached hydrogen (secondary N) is 2. The Labute approximate surface area is 272 Å². The van der Waals surface area contributed by atoms with Crippen molar-refractivity contribution in [2.24, 2.45) is 12.8 Å². The van der Waals surface area contributed by atoms with Gasteiger partial charge in [-0.3, -0.25) is 24.5 Å². The van der Waals surface area contributed by atoms with Crippen molar-refractivity contribution in [1.82, 2.24) is 14.5 Å². The molecule has 244 valence electrons. The molecule has 1 amide bonds. The zero-order valence-corrected chi connectivity index (χ0v) is 26.6. The van der Waals surface area contributed by atoms with Gasteiger partial charge < -0.3 is 20.4 Å². The number of aryl methyl sites for hydroxylation is 1. The number of nitrogen functional groups attached to an aromatic ring is 1. The van der Waals surface area contributed by atoms with Gasteiger partial charge in [-0.25, -0.2) is 9.97 Å². The molecule has 2 heterocycles. The topological polar surface area (TPSA) is 194 Å². The minimum atomic E-state index is -4.00. The van der Waals surface area contributed by atoms with Crippen LogP contribution in [0.15, 0.2) is 102 Å². The summed E-state index contributed by atoms with van der Waals surface area (Å²) in [6.45, 7) is 2.64. The maximum Gasteiger partial charge on any atom is 0.307 e. The monoisotopic (exact) mass is 657 g/mol. The summed E-state index contributed by atoms with van der Waals surface area (Å²) in [4.78, 5) is 35.9. The molecule has 0 aliphatic carbocycles. The molecule has 5 aromatic rings. The van der Waals surface area contributed by atoms with E-state index < -0.39 is 10.1 Å². The first-order chi connectivity index (χ1) is 22.5. The molecular formula is C33H35N7O6S. The summed E-state index contributed by atoms with van der Waals surface area (Å²) in [5.41, 5.74) is 9.07. The maximum absolute atomic E-state index is 13.5. The molecule has 0 spiro atoms. The minimum absolute atomic E-state index is 0.0229. The van der Waals surface area contributed by atoms with Crippen LogP contribution in [0.4, 0.5) is 11.5 Å². The van der Waals surface area contributed by atoms with Gasteiger partial charge in [0, 0.05) is 36.6 Å². The second kappa shape index (κ2) is 15.6. The first-order valence-electron chi connectivity index (χ1n) is 14.5. The number of hydrogen-bond acceptors (Lipinski definition) is 9. The van der Waals surface area contributed by atoms with Gasteiger partial charge in [0.05, 0.1) is 35.5 Å². The lowest BCUT2D eigenvalue weighted by Crippen LogP contribution is -2.34. The first kappa shape index (κ1) is 34.3. The number of carbonyl (C=O) groups excluding carboxylic acids is 2. The molecule has 47 heavy (non-hydrogen) atoms. The highest BCUT2D eigenvalue weighted by molar-refractivity contribution is 7.85. The van der Waals surface area contributed by atoms with E-state index in [0.717, 1.165) is 17.0 Å². The van der Waals surface area contributed by atoms with Crippen molar-refractivity contribution in [2.75, 3.05) is 23.4 Å². The van der Waals surface area contributed by atoms with Gasteiger partial charge in [0.15, 0.2) is 0 Å². The van der Waals surface area contributed by atoms with Gasteiger partial charge in [-0.1, -0.05) is 24.3 Å². The van der Waals surface area contributed by atoms with E-state index in [4.69, 9.17) is 25.4 Å². The summed E-state index contributed by atoms with van der Waals surface area (Å²) in [7, 11) is -2.08. The third kappa shape index (κ3) is 9.22. The molecule has 0 saturated heterocycles. The lowest BCUT2D eigenvalue weighted by molar-refractivity contribution is -0.142. The van der Waals surface area contributed by atoms with E-state index in [2.05, 4.69) is 10.3 Å². The summed E-state index contributed by atoms with van der Waals surface area (Å²) < 4.78 is 36.2. The zero-order valence-electron chi connectivity index (χ0n) is 25.8. The Kier molecular flexibility index (Phi) is 11.4. The predicted molar refractivity (Wildman–Crippen MR) is 179 cm³/mol. The number of amides is 1. The number of nitrogens with two attached hydrogens (primary N) is 1. The van der Waals surface area contributed by atoms with Crippen molar-refractivity contribution in [3.8, 4) is 0 Å². The van der Waals surface area contributed by atoms with Crippen molar-refractivity contribution in [3.63, 3.8) is 0 Å². The number of anilines is 2. The highest BCUT2D eigenvalue weighted by atomic mass is 32.2. The van der Waals surface area contributed by atoms with E-state index >= 15 is 0 Å². The number of pyridine rings is 1. The molecule has 3 aromatic carbocycles. The fraction of sp³-hybridized carbons (Fsp3) is 0.182. The van der Waals surface area contributed by atoms with Gasteiger partial charge in [0.1, 0.15) is 17.5 Å². The van der Waals surface area contributed by atoms with Crippen LogP contribution in [0, 0.1) is 5.41 Å². The first-order valence-corrected chi connectivity index (χ1v) is 16.0. The fourth-order valence-electron chi connectivity index (χ4n) is 4.51. The van der Waals surface area contributed by atoms with Crippen molar-refractivity contribution in [1.29, 1.82) is 5.41 Å². The molecule has 13 nitrogen and oxygen atoms in total. The molecule has 0 fully saturated rings. The van der Waals surface area contributed by atoms with Crippen LogP contribution >= 0.6 is 0 Å². The lowest BCUT2D eigenvalue weighted by atomic mass is 10.1. The highest BCUT2D eigenvalue weighted by Crippen LogP contribution is 2.21. The van der Waals surface area contributed by atoms with Crippen LogP contribution in [0.2, 0.25) is 0 Å². The summed E-state index contributed by atoms with van der Waals surface area (Å²) >= 11 is 0. The van der Waals surface area contributed by atoms with E-state index in [9.17, 15) is 18.0 Å². The number of carbonyl (C=O) groups is 2. The number of aromatic nitrogens is 3. The highest BCUT2D eigenvalue weighted by Gasteiger charge is 2.21. The molecule has 0 radical (unpaired) electrons. The number of hydrogen-bond donors (Lipinski definition) is 4. The van der Waals surface area contributed by atoms with Gasteiger partial charge in [0.25, 0.3) is 16.0 Å². The number of esters is 1. The Balaban J connectivity index is 0.000000427. The van der Waals surface area contributed by atoms with Crippen molar-refractivity contribution in [3.05, 3.63) is 114 Å². The van der Waals surface area contributed by atoms with Crippen LogP contribution in [0.1, 0.15) is 35.1 Å². The van der Waals surface area contributed by atoms with E-state index in [-0.39, 0.29) is 42.2 Å². The molecule has 0 atom stereocenters. The van der Waals surface area contributed by atoms with Crippen LogP contribution in [-0.4, -0.2) is 58.4 Å². The lowest BCUT2D eigenvalue weighted by Gasteiger charge is -2.21. The van der Waals surface area contributed by atoms with Crippen LogP contribution in [0.25, 0.3) is 11.0 Å². The van der Waals surface area contributed by atoms with Gasteiger partial charge in [0.2, 0.25) is 0 Å². The van der Waals surface area contributed by atoms with E-state index in [0.29, 0.717) is 29.0 Å². The zero-order chi connectivity index (χ0) is 34.0. The number of imidazole rings is 1. The van der Waals surface area contributed by atoms with Gasteiger partial charge >= 0.3 is 5.97 Å². The molecule has 0 saturated carbocycles. The van der Waals surface area contributed by atoms with Crippen molar-refractivity contribution < 1.29 is 27.3 Å². The Bertz CT molecular complexity index is 1950. The summed E-state index contributed by atoms with van der Waals surface area (Å²) in [5.74, 6) is 0.623. The molecule has 5 rings (SSSR count). The maximum atomic E-state index is 13.5. The molecule has 5 N–H and O–H groups in total. The number of nitrogens with zero attached hydrogens (tertiary/aromatic N) is 4. The molecule has 2 aromatic heterocycles. The number of ether oxygens (including phenoxy) is 1. The average molecular weight is 658 g/mol. The van der Waals surface area contributed by atoms with Crippen LogP contribution in [-0.2, 0) is 33.2 Å². The third-order valence-electron chi connectivity index (χ3n) is 6.92. The number of benzene rings is 3. The van der Waals surface area contributed by atoms with E-state index in [1.54, 1.807) is 73.8 Å². The largest absolute Gasteiger partial charge is 0.466 e. The van der Waals surface area contributed by atoms with Gasteiger partial charge in [-0.2, -0.15) is 8.42 Å². The average Bonchev–Trinajstić information content (AvgIpc) is 3.39. The Morgan fingerprint density at radius 2 is 1.68 bits per heavy atom. The van der Waals surface area contributed by atoms with Crippen molar-refractivity contribution in [2.45, 2.75) is 24.8 Å². The minimum Gasteiger partial charge on any atom is -0.466 e. The van der Waals surface area contributed by atoms with Crippen LogP contribution in [0.5, 0.6) is 0 Å². The van der Waals surface area contributed by atoms with Crippen LogP contribution < -0.4 is 16.0 Å². The number of rotatable bonds is 11. The normalized spacial score (nSPS) is 10.9. The van der Waals surface area contributed by atoms with E-state index in [1.807, 2.05) is 29.8 Å².